The van der Waals surface area contributed by atoms with E-state index in [1.807, 2.05) is 32.9 Å². The van der Waals surface area contributed by atoms with Gasteiger partial charge in [0.05, 0.1) is 0 Å². The molecule has 1 aliphatic rings. The Labute approximate surface area is 142 Å². The van der Waals surface area contributed by atoms with E-state index in [0.29, 0.717) is 17.2 Å². The van der Waals surface area contributed by atoms with Gasteiger partial charge < -0.3 is 10.6 Å². The first-order valence-electron chi connectivity index (χ1n) is 8.24. The van der Waals surface area contributed by atoms with Gasteiger partial charge in [-0.05, 0) is 69.0 Å². The van der Waals surface area contributed by atoms with Gasteiger partial charge >= 0.3 is 0 Å². The fraction of sp³-hybridized carbons (Fsp3) is 0.300. The van der Waals surface area contributed by atoms with Crippen LogP contribution in [-0.2, 0) is 0 Å². The summed E-state index contributed by atoms with van der Waals surface area (Å²) in [4.78, 5) is 24.4. The third-order valence-electron chi connectivity index (χ3n) is 4.24. The third-order valence-corrected chi connectivity index (χ3v) is 4.24. The van der Waals surface area contributed by atoms with Crippen LogP contribution in [0.4, 0.5) is 5.69 Å². The molecule has 2 aromatic carbocycles. The molecule has 2 N–H and O–H groups in total. The summed E-state index contributed by atoms with van der Waals surface area (Å²) in [5.74, 6) is -0.242. The Hall–Kier alpha value is -2.62. The summed E-state index contributed by atoms with van der Waals surface area (Å²) >= 11 is 0. The van der Waals surface area contributed by atoms with Crippen LogP contribution in [0.25, 0.3) is 0 Å². The van der Waals surface area contributed by atoms with E-state index in [0.717, 1.165) is 29.7 Å². The number of rotatable bonds is 4. The lowest BCUT2D eigenvalue weighted by Crippen LogP contribution is -2.25. The molecular formula is C20H22N2O2. The normalized spacial score (nSPS) is 13.5. The van der Waals surface area contributed by atoms with Crippen molar-refractivity contribution in [2.75, 3.05) is 5.32 Å². The molecule has 2 amide bonds. The van der Waals surface area contributed by atoms with Crippen LogP contribution in [0, 0.1) is 20.8 Å². The minimum Gasteiger partial charge on any atom is -0.349 e. The Balaban J connectivity index is 1.72. The van der Waals surface area contributed by atoms with Crippen LogP contribution in [0.5, 0.6) is 0 Å². The van der Waals surface area contributed by atoms with Crippen LogP contribution in [-0.4, -0.2) is 17.9 Å². The molecule has 1 aliphatic carbocycles. The van der Waals surface area contributed by atoms with Crippen molar-refractivity contribution in [1.29, 1.82) is 0 Å². The SMILES string of the molecule is Cc1cc(C)c(NC(=O)c2ccc(C(=O)NC3CC3)cc2)c(C)c1. The maximum atomic E-state index is 12.5. The van der Waals surface area contributed by atoms with Crippen LogP contribution in [0.2, 0.25) is 0 Å². The molecule has 0 atom stereocenters. The van der Waals surface area contributed by atoms with Crippen molar-refractivity contribution in [3.8, 4) is 0 Å². The van der Waals surface area contributed by atoms with E-state index < -0.39 is 0 Å². The number of nitrogens with one attached hydrogen (secondary N) is 2. The highest BCUT2D eigenvalue weighted by Crippen LogP contribution is 2.23. The second-order valence-corrected chi connectivity index (χ2v) is 6.55. The van der Waals surface area contributed by atoms with Crippen molar-refractivity contribution in [3.63, 3.8) is 0 Å². The van der Waals surface area contributed by atoms with Gasteiger partial charge in [0.2, 0.25) is 0 Å². The number of carbonyl (C=O) groups excluding carboxylic acids is 2. The van der Waals surface area contributed by atoms with Gasteiger partial charge in [-0.3, -0.25) is 9.59 Å². The van der Waals surface area contributed by atoms with E-state index in [4.69, 9.17) is 0 Å². The van der Waals surface area contributed by atoms with E-state index in [1.165, 1.54) is 5.56 Å². The molecule has 0 heterocycles. The number of benzene rings is 2. The summed E-state index contributed by atoms with van der Waals surface area (Å²) in [7, 11) is 0. The Morgan fingerprint density at radius 3 is 1.88 bits per heavy atom. The lowest BCUT2D eigenvalue weighted by molar-refractivity contribution is 0.0949. The zero-order chi connectivity index (χ0) is 17.3. The molecule has 24 heavy (non-hydrogen) atoms. The van der Waals surface area contributed by atoms with Crippen LogP contribution in [0.1, 0.15) is 50.2 Å². The van der Waals surface area contributed by atoms with Gasteiger partial charge in [0.1, 0.15) is 0 Å². The van der Waals surface area contributed by atoms with Gasteiger partial charge in [-0.2, -0.15) is 0 Å². The quantitative estimate of drug-likeness (QED) is 0.900. The molecule has 0 saturated heterocycles. The Kier molecular flexibility index (Phi) is 4.38. The highest BCUT2D eigenvalue weighted by molar-refractivity contribution is 6.05. The van der Waals surface area contributed by atoms with Crippen LogP contribution in [0.15, 0.2) is 36.4 Å². The van der Waals surface area contributed by atoms with E-state index in [1.54, 1.807) is 24.3 Å². The van der Waals surface area contributed by atoms with E-state index in [9.17, 15) is 9.59 Å². The Morgan fingerprint density at radius 1 is 0.875 bits per heavy atom. The standard InChI is InChI=1S/C20H22N2O2/c1-12-10-13(2)18(14(3)11-12)22-20(24)16-6-4-15(5-7-16)19(23)21-17-8-9-17/h4-7,10-11,17H,8-9H2,1-3H3,(H,21,23)(H,22,24). The number of hydrogen-bond acceptors (Lipinski definition) is 2. The zero-order valence-corrected chi connectivity index (χ0v) is 14.3. The first-order valence-corrected chi connectivity index (χ1v) is 8.24. The molecule has 3 rings (SSSR count). The molecule has 2 aromatic rings. The first kappa shape index (κ1) is 16.2. The third kappa shape index (κ3) is 3.65. The number of carbonyl (C=O) groups is 2. The van der Waals surface area contributed by atoms with Gasteiger partial charge in [0.25, 0.3) is 11.8 Å². The number of hydrogen-bond donors (Lipinski definition) is 2. The Morgan fingerprint density at radius 2 is 1.38 bits per heavy atom. The minimum absolute atomic E-state index is 0.0744. The smallest absolute Gasteiger partial charge is 0.255 e. The molecule has 0 bridgehead atoms. The topological polar surface area (TPSA) is 58.2 Å². The zero-order valence-electron chi connectivity index (χ0n) is 14.3. The second-order valence-electron chi connectivity index (χ2n) is 6.55. The summed E-state index contributed by atoms with van der Waals surface area (Å²) in [6, 6.07) is 11.2. The van der Waals surface area contributed by atoms with Crippen molar-refractivity contribution in [2.24, 2.45) is 0 Å². The van der Waals surface area contributed by atoms with Crippen molar-refractivity contribution in [1.82, 2.24) is 5.32 Å². The molecule has 1 saturated carbocycles. The summed E-state index contributed by atoms with van der Waals surface area (Å²) in [5.41, 5.74) is 5.23. The average Bonchev–Trinajstić information content (AvgIpc) is 3.34. The largest absolute Gasteiger partial charge is 0.349 e. The molecule has 0 aliphatic heterocycles. The second kappa shape index (κ2) is 6.48. The maximum Gasteiger partial charge on any atom is 0.255 e. The monoisotopic (exact) mass is 322 g/mol. The molecule has 0 aromatic heterocycles. The molecule has 0 radical (unpaired) electrons. The molecule has 124 valence electrons. The van der Waals surface area contributed by atoms with E-state index in [2.05, 4.69) is 10.6 Å². The number of anilines is 1. The molecule has 1 fully saturated rings. The molecule has 0 unspecified atom stereocenters. The maximum absolute atomic E-state index is 12.5. The van der Waals surface area contributed by atoms with E-state index >= 15 is 0 Å². The predicted molar refractivity (Wildman–Crippen MR) is 95.5 cm³/mol. The predicted octanol–water partition coefficient (Wildman–Crippen LogP) is 3.76. The lowest BCUT2D eigenvalue weighted by Gasteiger charge is -2.13. The molecular weight excluding hydrogens is 300 g/mol. The summed E-state index contributed by atoms with van der Waals surface area (Å²) in [6.45, 7) is 6.01. The summed E-state index contributed by atoms with van der Waals surface area (Å²) < 4.78 is 0. The minimum atomic E-state index is -0.167. The highest BCUT2D eigenvalue weighted by Gasteiger charge is 2.23. The number of aryl methyl sites for hydroxylation is 3. The lowest BCUT2D eigenvalue weighted by atomic mass is 10.0. The molecule has 0 spiro atoms. The molecule has 4 nitrogen and oxygen atoms in total. The van der Waals surface area contributed by atoms with Crippen molar-refractivity contribution < 1.29 is 9.59 Å². The van der Waals surface area contributed by atoms with Crippen LogP contribution >= 0.6 is 0 Å². The van der Waals surface area contributed by atoms with Crippen molar-refractivity contribution in [3.05, 3.63) is 64.2 Å². The van der Waals surface area contributed by atoms with Crippen molar-refractivity contribution >= 4 is 17.5 Å². The highest BCUT2D eigenvalue weighted by atomic mass is 16.2. The van der Waals surface area contributed by atoms with Gasteiger partial charge in [-0.1, -0.05) is 17.7 Å². The fourth-order valence-electron chi connectivity index (χ4n) is 2.83. The van der Waals surface area contributed by atoms with Crippen molar-refractivity contribution in [2.45, 2.75) is 39.7 Å². The first-order chi connectivity index (χ1) is 11.4. The van der Waals surface area contributed by atoms with E-state index in [-0.39, 0.29) is 11.8 Å². The average molecular weight is 322 g/mol. The van der Waals surface area contributed by atoms with Gasteiger partial charge in [0, 0.05) is 22.9 Å². The molecule has 4 heteroatoms. The van der Waals surface area contributed by atoms with Gasteiger partial charge in [-0.25, -0.2) is 0 Å². The summed E-state index contributed by atoms with van der Waals surface area (Å²) in [5, 5.41) is 5.91. The fourth-order valence-corrected chi connectivity index (χ4v) is 2.83. The van der Waals surface area contributed by atoms with Crippen LogP contribution in [0.3, 0.4) is 0 Å². The Bertz CT molecular complexity index is 767. The van der Waals surface area contributed by atoms with Gasteiger partial charge in [-0.15, -0.1) is 0 Å². The van der Waals surface area contributed by atoms with Gasteiger partial charge in [0.15, 0.2) is 0 Å². The number of amides is 2. The van der Waals surface area contributed by atoms with Crippen LogP contribution < -0.4 is 10.6 Å². The summed E-state index contributed by atoms with van der Waals surface area (Å²) in [6.07, 6.45) is 2.11.